The number of piperidine rings is 1. The van der Waals surface area contributed by atoms with Crippen molar-refractivity contribution >= 4 is 0 Å². The Hall–Kier alpha value is -1.72. The molecule has 106 valence electrons. The van der Waals surface area contributed by atoms with Crippen molar-refractivity contribution in [3.63, 3.8) is 0 Å². The number of aromatic nitrogens is 2. The zero-order valence-corrected chi connectivity index (χ0v) is 11.4. The van der Waals surface area contributed by atoms with Crippen LogP contribution in [0.5, 0.6) is 0 Å². The number of hydrogen-bond donors (Lipinski definition) is 1. The van der Waals surface area contributed by atoms with Crippen molar-refractivity contribution in [3.05, 3.63) is 47.6 Å². The molecular formula is C15H19N3O2. The molecule has 0 spiro atoms. The first-order valence-electron chi connectivity index (χ1n) is 7.09. The summed E-state index contributed by atoms with van der Waals surface area (Å²) in [5, 5.41) is 7.44. The van der Waals surface area contributed by atoms with Crippen molar-refractivity contribution in [2.24, 2.45) is 0 Å². The van der Waals surface area contributed by atoms with E-state index in [2.05, 4.69) is 15.5 Å². The van der Waals surface area contributed by atoms with E-state index in [1.54, 1.807) is 0 Å². The lowest BCUT2D eigenvalue weighted by molar-refractivity contribution is 0.0850. The van der Waals surface area contributed by atoms with Crippen LogP contribution < -0.4 is 5.32 Å². The van der Waals surface area contributed by atoms with Crippen LogP contribution >= 0.6 is 0 Å². The molecule has 1 aromatic carbocycles. The molecule has 3 rings (SSSR count). The number of benzene rings is 1. The maximum Gasteiger partial charge on any atom is 0.252 e. The van der Waals surface area contributed by atoms with Gasteiger partial charge in [0.1, 0.15) is 6.61 Å². The van der Waals surface area contributed by atoms with Crippen molar-refractivity contribution in [2.75, 3.05) is 6.54 Å². The second-order valence-electron chi connectivity index (χ2n) is 5.03. The van der Waals surface area contributed by atoms with E-state index in [-0.39, 0.29) is 6.04 Å². The van der Waals surface area contributed by atoms with Crippen LogP contribution in [-0.2, 0) is 18.0 Å². The van der Waals surface area contributed by atoms with Gasteiger partial charge in [0.25, 0.3) is 5.89 Å². The lowest BCUT2D eigenvalue weighted by atomic mass is 10.0. The highest BCUT2D eigenvalue weighted by atomic mass is 16.5. The van der Waals surface area contributed by atoms with Gasteiger partial charge in [0.2, 0.25) is 0 Å². The van der Waals surface area contributed by atoms with Gasteiger partial charge < -0.3 is 14.6 Å². The fraction of sp³-hybridized carbons (Fsp3) is 0.467. The topological polar surface area (TPSA) is 60.2 Å². The highest BCUT2D eigenvalue weighted by molar-refractivity contribution is 5.13. The van der Waals surface area contributed by atoms with Gasteiger partial charge in [0.05, 0.1) is 12.6 Å². The molecule has 5 heteroatoms. The van der Waals surface area contributed by atoms with Gasteiger partial charge in [-0.15, -0.1) is 0 Å². The largest absolute Gasteiger partial charge is 0.367 e. The first-order valence-corrected chi connectivity index (χ1v) is 7.09. The number of hydrogen-bond acceptors (Lipinski definition) is 5. The van der Waals surface area contributed by atoms with Crippen molar-refractivity contribution in [1.29, 1.82) is 0 Å². The van der Waals surface area contributed by atoms with Gasteiger partial charge in [-0.2, -0.15) is 4.98 Å². The van der Waals surface area contributed by atoms with Crippen LogP contribution in [0.25, 0.3) is 0 Å². The predicted octanol–water partition coefficient (Wildman–Crippen LogP) is 2.60. The molecule has 0 radical (unpaired) electrons. The molecule has 1 aliphatic heterocycles. The van der Waals surface area contributed by atoms with Crippen molar-refractivity contribution in [1.82, 2.24) is 15.5 Å². The Morgan fingerprint density at radius 1 is 1.20 bits per heavy atom. The molecule has 1 fully saturated rings. The number of rotatable bonds is 5. The normalized spacial score (nSPS) is 19.1. The number of ether oxygens (including phenoxy) is 1. The van der Waals surface area contributed by atoms with Crippen molar-refractivity contribution < 1.29 is 9.26 Å². The Balaban J connectivity index is 1.50. The number of nitrogens with zero attached hydrogens (tertiary/aromatic N) is 2. The van der Waals surface area contributed by atoms with Crippen LogP contribution in [0.2, 0.25) is 0 Å². The predicted molar refractivity (Wildman–Crippen MR) is 73.8 cm³/mol. The molecule has 20 heavy (non-hydrogen) atoms. The fourth-order valence-corrected chi connectivity index (χ4v) is 2.37. The monoisotopic (exact) mass is 273 g/mol. The zero-order valence-electron chi connectivity index (χ0n) is 11.4. The van der Waals surface area contributed by atoms with Crippen LogP contribution in [0.4, 0.5) is 0 Å². The van der Waals surface area contributed by atoms with E-state index in [4.69, 9.17) is 9.26 Å². The lowest BCUT2D eigenvalue weighted by Gasteiger charge is -2.19. The van der Waals surface area contributed by atoms with E-state index in [1.807, 2.05) is 30.3 Å². The van der Waals surface area contributed by atoms with Gasteiger partial charge in [-0.25, -0.2) is 0 Å². The van der Waals surface area contributed by atoms with Gasteiger partial charge in [0.15, 0.2) is 5.82 Å². The van der Waals surface area contributed by atoms with E-state index in [9.17, 15) is 0 Å². The molecule has 1 N–H and O–H groups in total. The SMILES string of the molecule is c1ccc(COCc2nc([C@@H]3CCCCN3)no2)cc1. The van der Waals surface area contributed by atoms with Crippen molar-refractivity contribution in [2.45, 2.75) is 38.5 Å². The second kappa shape index (κ2) is 6.63. The van der Waals surface area contributed by atoms with Crippen LogP contribution in [0.1, 0.15) is 42.6 Å². The summed E-state index contributed by atoms with van der Waals surface area (Å²) >= 11 is 0. The Labute approximate surface area is 118 Å². The summed E-state index contributed by atoms with van der Waals surface area (Å²) in [6.07, 6.45) is 3.51. The molecule has 5 nitrogen and oxygen atoms in total. The quantitative estimate of drug-likeness (QED) is 0.907. The number of nitrogens with one attached hydrogen (secondary N) is 1. The third kappa shape index (κ3) is 3.43. The maximum atomic E-state index is 5.59. The molecular weight excluding hydrogens is 254 g/mol. The van der Waals surface area contributed by atoms with Gasteiger partial charge in [-0.05, 0) is 24.9 Å². The molecule has 1 aromatic heterocycles. The second-order valence-corrected chi connectivity index (χ2v) is 5.03. The van der Waals surface area contributed by atoms with E-state index in [1.165, 1.54) is 12.8 Å². The molecule has 0 amide bonds. The molecule has 0 aliphatic carbocycles. The summed E-state index contributed by atoms with van der Waals surface area (Å²) < 4.78 is 10.8. The zero-order chi connectivity index (χ0) is 13.6. The maximum absolute atomic E-state index is 5.59. The smallest absolute Gasteiger partial charge is 0.252 e. The molecule has 0 unspecified atom stereocenters. The van der Waals surface area contributed by atoms with Crippen LogP contribution in [0.3, 0.4) is 0 Å². The summed E-state index contributed by atoms with van der Waals surface area (Å²) in [4.78, 5) is 4.40. The molecule has 2 aromatic rings. The highest BCUT2D eigenvalue weighted by Gasteiger charge is 2.20. The minimum atomic E-state index is 0.232. The average molecular weight is 273 g/mol. The highest BCUT2D eigenvalue weighted by Crippen LogP contribution is 2.20. The molecule has 0 bridgehead atoms. The Bertz CT molecular complexity index is 521. The van der Waals surface area contributed by atoms with Crippen LogP contribution in [0.15, 0.2) is 34.9 Å². The van der Waals surface area contributed by atoms with Gasteiger partial charge in [0, 0.05) is 0 Å². The lowest BCUT2D eigenvalue weighted by Crippen LogP contribution is -2.27. The average Bonchev–Trinajstić information content (AvgIpc) is 2.98. The van der Waals surface area contributed by atoms with Gasteiger partial charge >= 0.3 is 0 Å². The molecule has 1 atom stereocenters. The summed E-state index contributed by atoms with van der Waals surface area (Å²) in [6, 6.07) is 10.3. The minimum Gasteiger partial charge on any atom is -0.367 e. The molecule has 1 saturated heterocycles. The van der Waals surface area contributed by atoms with E-state index < -0.39 is 0 Å². The fourth-order valence-electron chi connectivity index (χ4n) is 2.37. The summed E-state index contributed by atoms with van der Waals surface area (Å²) in [5.41, 5.74) is 1.14. The Morgan fingerprint density at radius 3 is 2.90 bits per heavy atom. The summed E-state index contributed by atoms with van der Waals surface area (Å²) in [7, 11) is 0. The molecule has 1 aliphatic rings. The van der Waals surface area contributed by atoms with Crippen LogP contribution in [-0.4, -0.2) is 16.7 Å². The first kappa shape index (κ1) is 13.3. The van der Waals surface area contributed by atoms with E-state index in [0.717, 1.165) is 24.4 Å². The summed E-state index contributed by atoms with van der Waals surface area (Å²) in [6.45, 7) is 1.94. The Kier molecular flexibility index (Phi) is 4.40. The van der Waals surface area contributed by atoms with Crippen molar-refractivity contribution in [3.8, 4) is 0 Å². The van der Waals surface area contributed by atoms with E-state index in [0.29, 0.717) is 19.1 Å². The summed E-state index contributed by atoms with van der Waals surface area (Å²) in [5.74, 6) is 1.30. The third-order valence-corrected chi connectivity index (χ3v) is 3.44. The van der Waals surface area contributed by atoms with Gasteiger partial charge in [-0.1, -0.05) is 41.9 Å². The Morgan fingerprint density at radius 2 is 2.10 bits per heavy atom. The van der Waals surface area contributed by atoms with E-state index >= 15 is 0 Å². The first-order chi connectivity index (χ1) is 9.92. The standard InChI is InChI=1S/C15H19N3O2/c1-2-6-12(7-3-1)10-19-11-14-17-15(18-20-14)13-8-4-5-9-16-13/h1-3,6-7,13,16H,4-5,8-11H2/t13-/m0/s1. The van der Waals surface area contributed by atoms with Gasteiger partial charge in [-0.3, -0.25) is 0 Å². The minimum absolute atomic E-state index is 0.232. The molecule has 2 heterocycles. The third-order valence-electron chi connectivity index (χ3n) is 3.44. The molecule has 0 saturated carbocycles. The van der Waals surface area contributed by atoms with Crippen LogP contribution in [0, 0.1) is 0 Å².